The number of ether oxygens (including phenoxy) is 1. The summed E-state index contributed by atoms with van der Waals surface area (Å²) >= 11 is 5.38. The topological polar surface area (TPSA) is 69.9 Å². The van der Waals surface area contributed by atoms with Crippen LogP contribution >= 0.6 is 35.3 Å². The average Bonchev–Trinajstić information content (AvgIpc) is 2.58. The van der Waals surface area contributed by atoms with Crippen molar-refractivity contribution in [3.63, 3.8) is 0 Å². The van der Waals surface area contributed by atoms with E-state index >= 15 is 0 Å². The van der Waals surface area contributed by atoms with Gasteiger partial charge in [0.05, 0.1) is 25.4 Å². The molecule has 0 bridgehead atoms. The van der Waals surface area contributed by atoms with Crippen LogP contribution in [0.4, 0.5) is 0 Å². The molecule has 0 saturated carbocycles. The quantitative estimate of drug-likeness (QED) is 0.288. The Morgan fingerprint density at radius 1 is 0.667 bits per heavy atom. The van der Waals surface area contributed by atoms with Gasteiger partial charge in [-0.05, 0) is 56.3 Å². The zero-order valence-corrected chi connectivity index (χ0v) is 17.5. The van der Waals surface area contributed by atoms with Crippen LogP contribution in [-0.4, -0.2) is 81.9 Å². The third-order valence-electron chi connectivity index (χ3n) is 3.58. The second-order valence-electron chi connectivity index (χ2n) is 5.87. The lowest BCUT2D eigenvalue weighted by Gasteiger charge is -2.30. The highest BCUT2D eigenvalue weighted by atomic mass is 32.2. The lowest BCUT2D eigenvalue weighted by molar-refractivity contribution is -0.0435. The highest BCUT2D eigenvalue weighted by molar-refractivity contribution is 7.99. The molecule has 0 heterocycles. The van der Waals surface area contributed by atoms with Crippen LogP contribution in [0.3, 0.4) is 0 Å². The molecule has 0 aliphatic carbocycles. The number of hydrogen-bond donors (Lipinski definition) is 3. The molecular weight excluding hydrogens is 364 g/mol. The molecule has 0 aromatic carbocycles. The first kappa shape index (κ1) is 24.9. The number of rotatable bonds is 19. The van der Waals surface area contributed by atoms with Gasteiger partial charge in [-0.25, -0.2) is 0 Å². The van der Waals surface area contributed by atoms with Crippen molar-refractivity contribution in [2.45, 2.75) is 44.6 Å². The summed E-state index contributed by atoms with van der Waals surface area (Å²) in [6.07, 6.45) is 5.37. The van der Waals surface area contributed by atoms with Crippen LogP contribution in [0.15, 0.2) is 0 Å². The molecule has 0 aromatic heterocycles. The fourth-order valence-electron chi connectivity index (χ4n) is 2.35. The monoisotopic (exact) mass is 400 g/mol. The highest BCUT2D eigenvalue weighted by Gasteiger charge is 2.24. The Morgan fingerprint density at radius 2 is 1.08 bits per heavy atom. The molecule has 146 valence electrons. The molecule has 7 heteroatoms. The standard InChI is InChI=1S/C17H36O4S3/c1-17(5-2-11-22-14-7-18,6-3-12-23-15-8-19)21-10-4-13-24-16-9-20/h18-20H,2-16H2,1H3. The number of aliphatic hydroxyl groups excluding tert-OH is 3. The molecule has 0 fully saturated rings. The first-order valence-electron chi connectivity index (χ1n) is 8.88. The molecule has 0 aliphatic heterocycles. The first-order valence-corrected chi connectivity index (χ1v) is 12.3. The Morgan fingerprint density at radius 3 is 1.50 bits per heavy atom. The van der Waals surface area contributed by atoms with Gasteiger partial charge in [-0.15, -0.1) is 0 Å². The van der Waals surface area contributed by atoms with E-state index in [2.05, 4.69) is 6.92 Å². The maximum Gasteiger partial charge on any atom is 0.0655 e. The van der Waals surface area contributed by atoms with E-state index in [1.807, 2.05) is 0 Å². The Labute approximate surface area is 160 Å². The SMILES string of the molecule is CC(CCCSCCO)(CCCSCCO)OCCCSCCO. The van der Waals surface area contributed by atoms with Gasteiger partial charge in [0, 0.05) is 23.9 Å². The molecule has 0 rings (SSSR count). The van der Waals surface area contributed by atoms with Gasteiger partial charge in [0.25, 0.3) is 0 Å². The van der Waals surface area contributed by atoms with Crippen molar-refractivity contribution in [1.29, 1.82) is 0 Å². The van der Waals surface area contributed by atoms with E-state index in [-0.39, 0.29) is 25.4 Å². The van der Waals surface area contributed by atoms with E-state index in [4.69, 9.17) is 20.1 Å². The van der Waals surface area contributed by atoms with E-state index in [9.17, 15) is 0 Å². The molecule has 0 saturated heterocycles. The summed E-state index contributed by atoms with van der Waals surface area (Å²) in [6, 6.07) is 0. The fourth-order valence-corrected chi connectivity index (χ4v) is 4.36. The highest BCUT2D eigenvalue weighted by Crippen LogP contribution is 2.26. The summed E-state index contributed by atoms with van der Waals surface area (Å²) in [5, 5.41) is 26.5. The van der Waals surface area contributed by atoms with Gasteiger partial charge in [-0.1, -0.05) is 0 Å². The van der Waals surface area contributed by atoms with Gasteiger partial charge in [-0.3, -0.25) is 0 Å². The summed E-state index contributed by atoms with van der Waals surface area (Å²) in [7, 11) is 0. The summed E-state index contributed by atoms with van der Waals surface area (Å²) < 4.78 is 6.23. The molecule has 0 aliphatic rings. The van der Waals surface area contributed by atoms with Gasteiger partial charge >= 0.3 is 0 Å². The summed E-state index contributed by atoms with van der Waals surface area (Å²) in [5.74, 6) is 5.63. The van der Waals surface area contributed by atoms with Crippen molar-refractivity contribution in [2.75, 3.05) is 60.9 Å². The van der Waals surface area contributed by atoms with Crippen molar-refractivity contribution in [3.8, 4) is 0 Å². The zero-order valence-electron chi connectivity index (χ0n) is 15.1. The molecule has 0 atom stereocenters. The molecule has 0 spiro atoms. The Bertz CT molecular complexity index is 244. The van der Waals surface area contributed by atoms with E-state index in [0.29, 0.717) is 0 Å². The van der Waals surface area contributed by atoms with Crippen molar-refractivity contribution in [1.82, 2.24) is 0 Å². The van der Waals surface area contributed by atoms with Gasteiger partial charge < -0.3 is 20.1 Å². The van der Waals surface area contributed by atoms with Crippen LogP contribution < -0.4 is 0 Å². The van der Waals surface area contributed by atoms with Gasteiger partial charge in [0.15, 0.2) is 0 Å². The van der Waals surface area contributed by atoms with Crippen molar-refractivity contribution < 1.29 is 20.1 Å². The second kappa shape index (κ2) is 18.7. The lowest BCUT2D eigenvalue weighted by Crippen LogP contribution is -2.30. The third kappa shape index (κ3) is 16.4. The Balaban J connectivity index is 4.00. The van der Waals surface area contributed by atoms with Crippen LogP contribution in [0, 0.1) is 0 Å². The Hall–Kier alpha value is 0.890. The molecule has 4 nitrogen and oxygen atoms in total. The van der Waals surface area contributed by atoms with Gasteiger partial charge in [0.2, 0.25) is 0 Å². The third-order valence-corrected chi connectivity index (χ3v) is 6.72. The van der Waals surface area contributed by atoms with Crippen molar-refractivity contribution >= 4 is 35.3 Å². The van der Waals surface area contributed by atoms with Gasteiger partial charge in [0.1, 0.15) is 0 Å². The first-order chi connectivity index (χ1) is 11.7. The number of thioether (sulfide) groups is 3. The maximum atomic E-state index is 8.83. The minimum absolute atomic E-state index is 0.0683. The van der Waals surface area contributed by atoms with Crippen LogP contribution in [0.5, 0.6) is 0 Å². The summed E-state index contributed by atoms with van der Waals surface area (Å²) in [5.41, 5.74) is -0.0683. The smallest absolute Gasteiger partial charge is 0.0655 e. The number of hydrogen-bond acceptors (Lipinski definition) is 7. The molecule has 0 aromatic rings. The van der Waals surface area contributed by atoms with E-state index in [0.717, 1.165) is 73.2 Å². The summed E-state index contributed by atoms with van der Waals surface area (Å²) in [4.78, 5) is 0. The fraction of sp³-hybridized carbons (Fsp3) is 1.00. The molecule has 0 unspecified atom stereocenters. The Kier molecular flexibility index (Phi) is 19.4. The average molecular weight is 401 g/mol. The second-order valence-corrected chi connectivity index (χ2v) is 9.54. The zero-order chi connectivity index (χ0) is 17.9. The number of aliphatic hydroxyl groups is 3. The lowest BCUT2D eigenvalue weighted by atomic mass is 9.94. The minimum Gasteiger partial charge on any atom is -0.396 e. The maximum absolute atomic E-state index is 8.83. The molecule has 3 N–H and O–H groups in total. The van der Waals surface area contributed by atoms with Crippen LogP contribution in [0.25, 0.3) is 0 Å². The molecule has 24 heavy (non-hydrogen) atoms. The minimum atomic E-state index is -0.0683. The predicted octanol–water partition coefficient (Wildman–Crippen LogP) is 2.89. The van der Waals surface area contributed by atoms with E-state index in [1.54, 1.807) is 35.3 Å². The largest absolute Gasteiger partial charge is 0.396 e. The summed E-state index contributed by atoms with van der Waals surface area (Å²) in [6.45, 7) is 3.77. The van der Waals surface area contributed by atoms with Gasteiger partial charge in [-0.2, -0.15) is 35.3 Å². The van der Waals surface area contributed by atoms with Crippen LogP contribution in [-0.2, 0) is 4.74 Å². The van der Waals surface area contributed by atoms with Crippen molar-refractivity contribution in [2.24, 2.45) is 0 Å². The van der Waals surface area contributed by atoms with E-state index in [1.165, 1.54) is 0 Å². The van der Waals surface area contributed by atoms with E-state index < -0.39 is 0 Å². The molecular formula is C17H36O4S3. The predicted molar refractivity (Wildman–Crippen MR) is 111 cm³/mol. The van der Waals surface area contributed by atoms with Crippen LogP contribution in [0.1, 0.15) is 39.0 Å². The van der Waals surface area contributed by atoms with Crippen molar-refractivity contribution in [3.05, 3.63) is 0 Å². The molecule has 0 radical (unpaired) electrons. The van der Waals surface area contributed by atoms with Crippen LogP contribution in [0.2, 0.25) is 0 Å². The molecule has 0 amide bonds. The normalized spacial score (nSPS) is 12.0.